The Morgan fingerprint density at radius 2 is 2.55 bits per heavy atom. The van der Waals surface area contributed by atoms with E-state index in [0.29, 0.717) is 5.56 Å². The first-order chi connectivity index (χ1) is 5.29. The number of aromatic hydroxyl groups is 1. The SMILES string of the molecule is CCSc1snc(O)c1C#N. The summed E-state index contributed by atoms with van der Waals surface area (Å²) in [6, 6.07) is 1.91. The van der Waals surface area contributed by atoms with Crippen molar-refractivity contribution >= 4 is 23.3 Å². The molecule has 0 saturated heterocycles. The molecule has 0 aromatic carbocycles. The molecule has 0 aliphatic rings. The van der Waals surface area contributed by atoms with Crippen LogP contribution in [0.4, 0.5) is 0 Å². The molecule has 5 heteroatoms. The van der Waals surface area contributed by atoms with Crippen molar-refractivity contribution in [3.05, 3.63) is 5.56 Å². The molecule has 0 spiro atoms. The largest absolute Gasteiger partial charge is 0.492 e. The minimum atomic E-state index is -0.145. The lowest BCUT2D eigenvalue weighted by molar-refractivity contribution is 0.457. The molecule has 0 radical (unpaired) electrons. The standard InChI is InChI=1S/C6H6N2OS2/c1-2-10-6-4(3-7)5(9)8-11-6/h2H2,1H3,(H,8,9). The highest BCUT2D eigenvalue weighted by Gasteiger charge is 2.11. The number of hydrogen-bond donors (Lipinski definition) is 1. The number of hydrogen-bond acceptors (Lipinski definition) is 5. The second-order valence-corrected chi connectivity index (χ2v) is 4.02. The number of nitriles is 1. The van der Waals surface area contributed by atoms with Gasteiger partial charge >= 0.3 is 0 Å². The molecule has 0 aliphatic carbocycles. The van der Waals surface area contributed by atoms with Crippen LogP contribution in [0.5, 0.6) is 5.88 Å². The molecule has 1 N–H and O–H groups in total. The highest BCUT2D eigenvalue weighted by atomic mass is 32.2. The van der Waals surface area contributed by atoms with E-state index in [1.807, 2.05) is 13.0 Å². The number of aromatic nitrogens is 1. The normalized spacial score (nSPS) is 9.45. The van der Waals surface area contributed by atoms with E-state index in [1.165, 1.54) is 23.3 Å². The zero-order valence-electron chi connectivity index (χ0n) is 5.87. The van der Waals surface area contributed by atoms with Crippen molar-refractivity contribution in [1.82, 2.24) is 4.37 Å². The Balaban J connectivity index is 2.98. The Morgan fingerprint density at radius 3 is 3.09 bits per heavy atom. The van der Waals surface area contributed by atoms with Crippen LogP contribution in [-0.2, 0) is 0 Å². The summed E-state index contributed by atoms with van der Waals surface area (Å²) >= 11 is 2.69. The molecule has 0 unspecified atom stereocenters. The lowest BCUT2D eigenvalue weighted by Crippen LogP contribution is -1.73. The van der Waals surface area contributed by atoms with Crippen LogP contribution in [0.3, 0.4) is 0 Å². The van der Waals surface area contributed by atoms with Crippen LogP contribution in [0, 0.1) is 11.3 Å². The van der Waals surface area contributed by atoms with Gasteiger partial charge < -0.3 is 5.11 Å². The van der Waals surface area contributed by atoms with E-state index in [2.05, 4.69) is 4.37 Å². The van der Waals surface area contributed by atoms with Gasteiger partial charge in [-0.25, -0.2) is 0 Å². The topological polar surface area (TPSA) is 56.9 Å². The quantitative estimate of drug-likeness (QED) is 0.716. The van der Waals surface area contributed by atoms with Gasteiger partial charge in [-0.05, 0) is 17.3 Å². The monoisotopic (exact) mass is 186 g/mol. The molecule has 1 heterocycles. The van der Waals surface area contributed by atoms with E-state index >= 15 is 0 Å². The Kier molecular flexibility index (Phi) is 2.74. The van der Waals surface area contributed by atoms with Crippen LogP contribution in [0.1, 0.15) is 12.5 Å². The van der Waals surface area contributed by atoms with Gasteiger partial charge in [-0.2, -0.15) is 9.64 Å². The van der Waals surface area contributed by atoms with Crippen molar-refractivity contribution in [1.29, 1.82) is 5.26 Å². The second-order valence-electron chi connectivity index (χ2n) is 1.71. The van der Waals surface area contributed by atoms with Gasteiger partial charge in [0.25, 0.3) is 0 Å². The molecule has 1 aromatic heterocycles. The first-order valence-electron chi connectivity index (χ1n) is 3.01. The smallest absolute Gasteiger partial charge is 0.242 e. The summed E-state index contributed by atoms with van der Waals surface area (Å²) in [4.78, 5) is 0. The van der Waals surface area contributed by atoms with Crippen LogP contribution < -0.4 is 0 Å². The number of thioether (sulfide) groups is 1. The van der Waals surface area contributed by atoms with Gasteiger partial charge in [-0.1, -0.05) is 6.92 Å². The maximum absolute atomic E-state index is 9.02. The first kappa shape index (κ1) is 8.37. The predicted octanol–water partition coefficient (Wildman–Crippen LogP) is 1.83. The highest BCUT2D eigenvalue weighted by Crippen LogP contribution is 2.31. The fourth-order valence-corrected chi connectivity index (χ4v) is 2.30. The summed E-state index contributed by atoms with van der Waals surface area (Å²) in [6.45, 7) is 1.99. The average Bonchev–Trinajstić information content (AvgIpc) is 2.33. The van der Waals surface area contributed by atoms with E-state index in [1.54, 1.807) is 0 Å². The van der Waals surface area contributed by atoms with Gasteiger partial charge in [0.1, 0.15) is 15.8 Å². The molecule has 0 atom stereocenters. The minimum absolute atomic E-state index is 0.145. The average molecular weight is 186 g/mol. The van der Waals surface area contributed by atoms with Gasteiger partial charge in [-0.15, -0.1) is 11.8 Å². The third-order valence-electron chi connectivity index (χ3n) is 1.03. The molecule has 1 aromatic rings. The van der Waals surface area contributed by atoms with Crippen molar-refractivity contribution in [3.8, 4) is 11.9 Å². The fourth-order valence-electron chi connectivity index (χ4n) is 0.593. The fraction of sp³-hybridized carbons (Fsp3) is 0.333. The minimum Gasteiger partial charge on any atom is -0.492 e. The molecular weight excluding hydrogens is 180 g/mol. The Morgan fingerprint density at radius 1 is 1.82 bits per heavy atom. The van der Waals surface area contributed by atoms with Crippen LogP contribution in [0.15, 0.2) is 4.21 Å². The van der Waals surface area contributed by atoms with Gasteiger partial charge in [0.2, 0.25) is 5.88 Å². The van der Waals surface area contributed by atoms with E-state index in [0.717, 1.165) is 9.96 Å². The zero-order valence-corrected chi connectivity index (χ0v) is 7.50. The van der Waals surface area contributed by atoms with Crippen LogP contribution in [0.25, 0.3) is 0 Å². The van der Waals surface area contributed by atoms with E-state index in [-0.39, 0.29) is 5.88 Å². The molecule has 0 amide bonds. The van der Waals surface area contributed by atoms with Gasteiger partial charge in [-0.3, -0.25) is 0 Å². The molecular formula is C6H6N2OS2. The van der Waals surface area contributed by atoms with Gasteiger partial charge in [0.05, 0.1) is 0 Å². The van der Waals surface area contributed by atoms with E-state index < -0.39 is 0 Å². The maximum Gasteiger partial charge on any atom is 0.242 e. The molecule has 58 valence electrons. The lowest BCUT2D eigenvalue weighted by Gasteiger charge is -1.89. The molecule has 3 nitrogen and oxygen atoms in total. The third-order valence-corrected chi connectivity index (χ3v) is 3.00. The summed E-state index contributed by atoms with van der Waals surface area (Å²) in [6.07, 6.45) is 0. The van der Waals surface area contributed by atoms with Crippen LogP contribution in [-0.4, -0.2) is 15.2 Å². The predicted molar refractivity (Wildman–Crippen MR) is 44.9 cm³/mol. The van der Waals surface area contributed by atoms with Gasteiger partial charge in [0.15, 0.2) is 0 Å². The summed E-state index contributed by atoms with van der Waals surface area (Å²) < 4.78 is 4.46. The summed E-state index contributed by atoms with van der Waals surface area (Å²) in [7, 11) is 0. The van der Waals surface area contributed by atoms with E-state index in [9.17, 15) is 0 Å². The van der Waals surface area contributed by atoms with Crippen molar-refractivity contribution in [2.24, 2.45) is 0 Å². The summed E-state index contributed by atoms with van der Waals surface area (Å²) in [5, 5.41) is 17.6. The molecule has 0 bridgehead atoms. The Hall–Kier alpha value is -0.730. The Labute approximate surface area is 72.8 Å². The molecule has 11 heavy (non-hydrogen) atoms. The molecule has 1 rings (SSSR count). The zero-order chi connectivity index (χ0) is 8.27. The lowest BCUT2D eigenvalue weighted by atomic mass is 10.4. The Bertz CT molecular complexity index is 289. The van der Waals surface area contributed by atoms with Crippen molar-refractivity contribution in [2.75, 3.05) is 5.75 Å². The molecule has 0 fully saturated rings. The second kappa shape index (κ2) is 3.60. The third kappa shape index (κ3) is 1.64. The number of nitrogens with zero attached hydrogens (tertiary/aromatic N) is 2. The van der Waals surface area contributed by atoms with Crippen molar-refractivity contribution in [3.63, 3.8) is 0 Å². The van der Waals surface area contributed by atoms with Crippen LogP contribution >= 0.6 is 23.3 Å². The molecule has 0 aliphatic heterocycles. The maximum atomic E-state index is 9.02. The summed E-state index contributed by atoms with van der Waals surface area (Å²) in [5.41, 5.74) is 0.307. The van der Waals surface area contributed by atoms with Crippen molar-refractivity contribution < 1.29 is 5.11 Å². The van der Waals surface area contributed by atoms with Gasteiger partial charge in [0, 0.05) is 0 Å². The molecule has 0 saturated carbocycles. The highest BCUT2D eigenvalue weighted by molar-refractivity contribution is 8.01. The summed E-state index contributed by atoms with van der Waals surface area (Å²) in [5.74, 6) is 0.740. The van der Waals surface area contributed by atoms with E-state index in [4.69, 9.17) is 10.4 Å². The number of rotatable bonds is 2. The van der Waals surface area contributed by atoms with Crippen LogP contribution in [0.2, 0.25) is 0 Å². The van der Waals surface area contributed by atoms with Crippen molar-refractivity contribution in [2.45, 2.75) is 11.1 Å². The first-order valence-corrected chi connectivity index (χ1v) is 4.77.